The van der Waals surface area contributed by atoms with Crippen molar-refractivity contribution < 1.29 is 15.3 Å². The van der Waals surface area contributed by atoms with Crippen LogP contribution in [-0.4, -0.2) is 34.1 Å². The first-order chi connectivity index (χ1) is 12.2. The van der Waals surface area contributed by atoms with Gasteiger partial charge in [0.05, 0.1) is 18.8 Å². The second kappa shape index (κ2) is 19.7. The Kier molecular flexibility index (Phi) is 19.2. The summed E-state index contributed by atoms with van der Waals surface area (Å²) in [6.07, 6.45) is 23.5. The van der Waals surface area contributed by atoms with Gasteiger partial charge >= 0.3 is 0 Å². The highest BCUT2D eigenvalue weighted by atomic mass is 16.3. The Bertz CT molecular complexity index is 312. The largest absolute Gasteiger partial charge is 0.394 e. The maximum atomic E-state index is 9.68. The Morgan fingerprint density at radius 1 is 0.680 bits per heavy atom. The fraction of sp³-hybridized carbons (Fsp3) is 0.818. The highest BCUT2D eigenvalue weighted by Gasteiger charge is 2.10. The fourth-order valence-electron chi connectivity index (χ4n) is 2.87. The van der Waals surface area contributed by atoms with E-state index in [0.29, 0.717) is 0 Å². The molecule has 0 spiro atoms. The fourth-order valence-corrected chi connectivity index (χ4v) is 2.87. The van der Waals surface area contributed by atoms with E-state index in [-0.39, 0.29) is 13.0 Å². The van der Waals surface area contributed by atoms with Gasteiger partial charge in [0.1, 0.15) is 0 Å². The molecule has 0 saturated heterocycles. The van der Waals surface area contributed by atoms with Crippen molar-refractivity contribution in [1.82, 2.24) is 0 Å². The van der Waals surface area contributed by atoms with Crippen molar-refractivity contribution in [2.45, 2.75) is 109 Å². The minimum absolute atomic E-state index is 0.263. The Hall–Kier alpha value is -0.640. The van der Waals surface area contributed by atoms with E-state index < -0.39 is 12.2 Å². The highest BCUT2D eigenvalue weighted by molar-refractivity contribution is 4.92. The van der Waals surface area contributed by atoms with E-state index in [9.17, 15) is 10.2 Å². The first-order valence-corrected chi connectivity index (χ1v) is 10.5. The van der Waals surface area contributed by atoms with Gasteiger partial charge in [-0.05, 0) is 38.5 Å². The van der Waals surface area contributed by atoms with Crippen molar-refractivity contribution in [3.63, 3.8) is 0 Å². The highest BCUT2D eigenvalue weighted by Crippen LogP contribution is 2.12. The molecule has 0 heterocycles. The van der Waals surface area contributed by atoms with Crippen molar-refractivity contribution >= 4 is 0 Å². The van der Waals surface area contributed by atoms with Gasteiger partial charge in [-0.15, -0.1) is 0 Å². The number of unbranched alkanes of at least 4 members (excludes halogenated alkanes) is 9. The van der Waals surface area contributed by atoms with Crippen LogP contribution in [0.3, 0.4) is 0 Å². The Morgan fingerprint density at radius 2 is 1.24 bits per heavy atom. The summed E-state index contributed by atoms with van der Waals surface area (Å²) in [7, 11) is 0. The quantitative estimate of drug-likeness (QED) is 0.231. The summed E-state index contributed by atoms with van der Waals surface area (Å²) in [4.78, 5) is 0. The van der Waals surface area contributed by atoms with Crippen LogP contribution in [0.15, 0.2) is 24.3 Å². The van der Waals surface area contributed by atoms with Crippen molar-refractivity contribution in [2.75, 3.05) is 6.61 Å². The summed E-state index contributed by atoms with van der Waals surface area (Å²) in [6, 6.07) is 0. The molecule has 3 N–H and O–H groups in total. The van der Waals surface area contributed by atoms with Crippen LogP contribution in [0.1, 0.15) is 96.8 Å². The maximum Gasteiger partial charge on any atom is 0.0795 e. The molecular formula is C22H42O3. The number of hydrogen-bond donors (Lipinski definition) is 3. The van der Waals surface area contributed by atoms with Gasteiger partial charge < -0.3 is 15.3 Å². The van der Waals surface area contributed by atoms with Crippen molar-refractivity contribution in [1.29, 1.82) is 0 Å². The number of rotatable bonds is 18. The third-order valence-corrected chi connectivity index (χ3v) is 4.49. The first-order valence-electron chi connectivity index (χ1n) is 10.5. The van der Waals surface area contributed by atoms with E-state index >= 15 is 0 Å². The van der Waals surface area contributed by atoms with Crippen LogP contribution in [0.2, 0.25) is 0 Å². The lowest BCUT2D eigenvalue weighted by atomic mass is 10.0. The second-order valence-corrected chi connectivity index (χ2v) is 7.10. The van der Waals surface area contributed by atoms with Crippen LogP contribution in [-0.2, 0) is 0 Å². The van der Waals surface area contributed by atoms with Crippen molar-refractivity contribution in [3.8, 4) is 0 Å². The second-order valence-electron chi connectivity index (χ2n) is 7.10. The minimum Gasteiger partial charge on any atom is -0.394 e. The van der Waals surface area contributed by atoms with Crippen LogP contribution in [0, 0.1) is 0 Å². The minimum atomic E-state index is -0.778. The first kappa shape index (κ1) is 24.4. The van der Waals surface area contributed by atoms with E-state index in [0.717, 1.165) is 25.7 Å². The molecule has 0 saturated carbocycles. The zero-order valence-corrected chi connectivity index (χ0v) is 16.4. The molecule has 0 bridgehead atoms. The van der Waals surface area contributed by atoms with Crippen LogP contribution >= 0.6 is 0 Å². The molecule has 0 fully saturated rings. The number of aliphatic hydroxyl groups excluding tert-OH is 3. The molecule has 0 radical (unpaired) electrons. The molecule has 25 heavy (non-hydrogen) atoms. The molecule has 3 heteroatoms. The standard InChI is InChI=1S/C22H42O3/c1-2-3-4-5-6-7-8-9-10-11-12-13-14-15-16-17-18-21(24)19-22(25)20-23/h6-7,9-10,21-25H,2-5,8,11-20H2,1H3/b7-6+,10-9+. The van der Waals surface area contributed by atoms with Crippen molar-refractivity contribution in [3.05, 3.63) is 24.3 Å². The molecule has 2 atom stereocenters. The number of aliphatic hydroxyl groups is 3. The number of hydrogen-bond acceptors (Lipinski definition) is 3. The molecular weight excluding hydrogens is 312 g/mol. The van der Waals surface area contributed by atoms with Gasteiger partial charge in [-0.1, -0.05) is 76.2 Å². The summed E-state index contributed by atoms with van der Waals surface area (Å²) >= 11 is 0. The molecule has 0 amide bonds. The summed E-state index contributed by atoms with van der Waals surface area (Å²) < 4.78 is 0. The smallest absolute Gasteiger partial charge is 0.0795 e. The molecule has 148 valence electrons. The predicted molar refractivity (Wildman–Crippen MR) is 108 cm³/mol. The summed E-state index contributed by atoms with van der Waals surface area (Å²) in [6.45, 7) is 1.98. The zero-order chi connectivity index (χ0) is 18.6. The average Bonchev–Trinajstić information content (AvgIpc) is 2.61. The van der Waals surface area contributed by atoms with Crippen LogP contribution in [0.5, 0.6) is 0 Å². The predicted octanol–water partition coefficient (Wildman–Crippen LogP) is 5.29. The van der Waals surface area contributed by atoms with E-state index in [1.807, 2.05) is 0 Å². The Balaban J connectivity index is 3.26. The number of allylic oxidation sites excluding steroid dienone is 4. The van der Waals surface area contributed by atoms with E-state index in [1.165, 1.54) is 57.8 Å². The molecule has 0 aromatic carbocycles. The van der Waals surface area contributed by atoms with E-state index in [2.05, 4.69) is 31.2 Å². The molecule has 0 aliphatic rings. The lowest BCUT2D eigenvalue weighted by molar-refractivity contribution is 0.0380. The van der Waals surface area contributed by atoms with E-state index in [4.69, 9.17) is 5.11 Å². The van der Waals surface area contributed by atoms with Gasteiger partial charge in [0.15, 0.2) is 0 Å². The van der Waals surface area contributed by atoms with Crippen molar-refractivity contribution in [2.24, 2.45) is 0 Å². The normalized spacial score (nSPS) is 14.6. The SMILES string of the molecule is CCCCC/C=C/C/C=C/CCCCCCCCC(O)CC(O)CO. The van der Waals surface area contributed by atoms with Gasteiger partial charge in [0, 0.05) is 6.42 Å². The van der Waals surface area contributed by atoms with Crippen LogP contribution < -0.4 is 0 Å². The van der Waals surface area contributed by atoms with E-state index in [1.54, 1.807) is 0 Å². The van der Waals surface area contributed by atoms with Gasteiger partial charge in [0.2, 0.25) is 0 Å². The average molecular weight is 355 g/mol. The third-order valence-electron chi connectivity index (χ3n) is 4.49. The monoisotopic (exact) mass is 354 g/mol. The molecule has 0 aliphatic carbocycles. The Morgan fingerprint density at radius 3 is 1.84 bits per heavy atom. The van der Waals surface area contributed by atoms with Gasteiger partial charge in [-0.25, -0.2) is 0 Å². The molecule has 0 aliphatic heterocycles. The van der Waals surface area contributed by atoms with Crippen LogP contribution in [0.25, 0.3) is 0 Å². The zero-order valence-electron chi connectivity index (χ0n) is 16.4. The van der Waals surface area contributed by atoms with Crippen LogP contribution in [0.4, 0.5) is 0 Å². The van der Waals surface area contributed by atoms with Gasteiger partial charge in [0.25, 0.3) is 0 Å². The summed E-state index contributed by atoms with van der Waals surface area (Å²) in [5.41, 5.74) is 0. The molecule has 2 unspecified atom stereocenters. The summed E-state index contributed by atoms with van der Waals surface area (Å²) in [5, 5.41) is 27.7. The third kappa shape index (κ3) is 19.5. The summed E-state index contributed by atoms with van der Waals surface area (Å²) in [5.74, 6) is 0. The molecule has 3 nitrogen and oxygen atoms in total. The topological polar surface area (TPSA) is 60.7 Å². The van der Waals surface area contributed by atoms with Gasteiger partial charge in [-0.3, -0.25) is 0 Å². The molecule has 0 aromatic rings. The lowest BCUT2D eigenvalue weighted by Gasteiger charge is -2.13. The lowest BCUT2D eigenvalue weighted by Crippen LogP contribution is -2.20. The van der Waals surface area contributed by atoms with Gasteiger partial charge in [-0.2, -0.15) is 0 Å². The Labute approximate surface area is 155 Å². The molecule has 0 aromatic heterocycles. The maximum absolute atomic E-state index is 9.68. The molecule has 0 rings (SSSR count).